The fraction of sp³-hybridized carbons (Fsp3) is 0.154. The van der Waals surface area contributed by atoms with Crippen molar-refractivity contribution in [1.82, 2.24) is 4.98 Å². The normalized spacial score (nSPS) is 10.8. The Morgan fingerprint density at radius 2 is 2.29 bits per heavy atom. The van der Waals surface area contributed by atoms with Gasteiger partial charge >= 0.3 is 0 Å². The van der Waals surface area contributed by atoms with Gasteiger partial charge in [0.2, 0.25) is 0 Å². The molecule has 0 N–H and O–H groups in total. The molecule has 3 aromatic rings. The van der Waals surface area contributed by atoms with Crippen molar-refractivity contribution in [2.45, 2.75) is 6.42 Å². The third-order valence-corrected chi connectivity index (χ3v) is 3.17. The average Bonchev–Trinajstić information content (AvgIpc) is 2.98. The topological polar surface area (TPSA) is 35.3 Å². The maximum absolute atomic E-state index is 5.68. The molecule has 0 aliphatic rings. The van der Waals surface area contributed by atoms with E-state index >= 15 is 0 Å². The summed E-state index contributed by atoms with van der Waals surface area (Å²) in [6.45, 7) is 0.646. The highest BCUT2D eigenvalue weighted by molar-refractivity contribution is 7.07. The zero-order valence-corrected chi connectivity index (χ0v) is 9.94. The number of aromatic nitrogens is 1. The molecule has 0 aliphatic carbocycles. The first-order valence-corrected chi connectivity index (χ1v) is 6.33. The Morgan fingerprint density at radius 1 is 1.29 bits per heavy atom. The number of furan rings is 1. The van der Waals surface area contributed by atoms with Crippen molar-refractivity contribution >= 4 is 22.3 Å². The third kappa shape index (κ3) is 2.31. The Bertz CT molecular complexity index is 601. The molecule has 1 aromatic carbocycles. The molecule has 17 heavy (non-hydrogen) atoms. The van der Waals surface area contributed by atoms with Crippen LogP contribution in [0.3, 0.4) is 0 Å². The zero-order chi connectivity index (χ0) is 11.5. The molecular formula is C13H11NO2S. The molecule has 4 heteroatoms. The number of rotatable bonds is 4. The van der Waals surface area contributed by atoms with Gasteiger partial charge in [0.1, 0.15) is 11.3 Å². The smallest absolute Gasteiger partial charge is 0.134 e. The summed E-state index contributed by atoms with van der Waals surface area (Å²) < 4.78 is 11.0. The molecule has 0 saturated carbocycles. The highest BCUT2D eigenvalue weighted by Gasteiger charge is 2.00. The fourth-order valence-electron chi connectivity index (χ4n) is 1.67. The molecule has 0 bridgehead atoms. The maximum Gasteiger partial charge on any atom is 0.134 e. The van der Waals surface area contributed by atoms with E-state index in [4.69, 9.17) is 9.15 Å². The van der Waals surface area contributed by atoms with Crippen LogP contribution in [0.25, 0.3) is 11.0 Å². The molecule has 0 radical (unpaired) electrons. The molecule has 0 unspecified atom stereocenters. The Labute approximate surface area is 103 Å². The highest BCUT2D eigenvalue weighted by Crippen LogP contribution is 2.21. The number of benzene rings is 1. The summed E-state index contributed by atoms with van der Waals surface area (Å²) >= 11 is 1.61. The Balaban J connectivity index is 1.64. The summed E-state index contributed by atoms with van der Waals surface area (Å²) in [5, 5.41) is 3.11. The lowest BCUT2D eigenvalue weighted by Crippen LogP contribution is -2.01. The van der Waals surface area contributed by atoms with Gasteiger partial charge in [0.25, 0.3) is 0 Å². The number of hydrogen-bond acceptors (Lipinski definition) is 4. The molecule has 3 nitrogen and oxygen atoms in total. The monoisotopic (exact) mass is 245 g/mol. The van der Waals surface area contributed by atoms with E-state index in [9.17, 15) is 0 Å². The minimum absolute atomic E-state index is 0.646. The van der Waals surface area contributed by atoms with E-state index < -0.39 is 0 Å². The zero-order valence-electron chi connectivity index (χ0n) is 9.13. The number of ether oxygens (including phenoxy) is 1. The van der Waals surface area contributed by atoms with Crippen molar-refractivity contribution in [2.24, 2.45) is 0 Å². The second kappa shape index (κ2) is 4.59. The van der Waals surface area contributed by atoms with Gasteiger partial charge in [-0.15, -0.1) is 11.3 Å². The van der Waals surface area contributed by atoms with Crippen molar-refractivity contribution in [3.05, 3.63) is 47.1 Å². The average molecular weight is 245 g/mol. The van der Waals surface area contributed by atoms with Crippen LogP contribution < -0.4 is 4.74 Å². The second-order valence-electron chi connectivity index (χ2n) is 3.70. The lowest BCUT2D eigenvalue weighted by molar-refractivity contribution is 0.321. The molecule has 0 aliphatic heterocycles. The molecule has 2 heterocycles. The van der Waals surface area contributed by atoms with E-state index in [1.54, 1.807) is 17.6 Å². The third-order valence-electron chi connectivity index (χ3n) is 2.53. The first kappa shape index (κ1) is 10.4. The number of fused-ring (bicyclic) bond motifs is 1. The van der Waals surface area contributed by atoms with E-state index in [0.29, 0.717) is 6.61 Å². The van der Waals surface area contributed by atoms with Crippen LogP contribution in [-0.2, 0) is 6.42 Å². The van der Waals surface area contributed by atoms with Gasteiger partial charge in [0.15, 0.2) is 0 Å². The van der Waals surface area contributed by atoms with Gasteiger partial charge in [-0.25, -0.2) is 4.98 Å². The van der Waals surface area contributed by atoms with Gasteiger partial charge in [-0.2, -0.15) is 0 Å². The van der Waals surface area contributed by atoms with Crippen molar-refractivity contribution in [1.29, 1.82) is 0 Å². The first-order chi connectivity index (χ1) is 8.42. The van der Waals surface area contributed by atoms with Crippen molar-refractivity contribution in [3.63, 3.8) is 0 Å². The molecule has 2 aromatic heterocycles. The number of nitrogens with zero attached hydrogens (tertiary/aromatic N) is 1. The molecule has 3 rings (SSSR count). The van der Waals surface area contributed by atoms with Crippen molar-refractivity contribution < 1.29 is 9.15 Å². The Hall–Kier alpha value is -1.81. The van der Waals surface area contributed by atoms with Gasteiger partial charge in [0.05, 0.1) is 24.1 Å². The second-order valence-corrected chi connectivity index (χ2v) is 4.42. The molecule has 0 atom stereocenters. The van der Waals surface area contributed by atoms with Crippen LogP contribution in [0.5, 0.6) is 5.75 Å². The minimum Gasteiger partial charge on any atom is -0.493 e. The summed E-state index contributed by atoms with van der Waals surface area (Å²) in [7, 11) is 0. The van der Waals surface area contributed by atoms with Crippen LogP contribution >= 0.6 is 11.3 Å². The molecule has 0 saturated heterocycles. The van der Waals surface area contributed by atoms with Crippen molar-refractivity contribution in [3.8, 4) is 5.75 Å². The van der Waals surface area contributed by atoms with Gasteiger partial charge in [-0.3, -0.25) is 0 Å². The van der Waals surface area contributed by atoms with Crippen LogP contribution in [0.15, 0.2) is 45.8 Å². The van der Waals surface area contributed by atoms with Crippen LogP contribution in [0.2, 0.25) is 0 Å². The summed E-state index contributed by atoms with van der Waals surface area (Å²) in [6, 6.07) is 7.77. The molecule has 0 fully saturated rings. The summed E-state index contributed by atoms with van der Waals surface area (Å²) in [5.74, 6) is 0.870. The summed E-state index contributed by atoms with van der Waals surface area (Å²) in [5.41, 5.74) is 3.81. The first-order valence-electron chi connectivity index (χ1n) is 5.39. The van der Waals surface area contributed by atoms with Crippen LogP contribution in [0.4, 0.5) is 0 Å². The largest absolute Gasteiger partial charge is 0.493 e. The number of hydrogen-bond donors (Lipinski definition) is 0. The fourth-order valence-corrected chi connectivity index (χ4v) is 2.26. The lowest BCUT2D eigenvalue weighted by Gasteiger charge is -2.04. The lowest BCUT2D eigenvalue weighted by atomic mass is 10.2. The van der Waals surface area contributed by atoms with Crippen LogP contribution in [0, 0.1) is 0 Å². The quantitative estimate of drug-likeness (QED) is 0.705. The SMILES string of the molecule is c1cc2cc(OCCc3cscn3)ccc2o1. The predicted octanol–water partition coefficient (Wildman–Crippen LogP) is 3.51. The molecule has 0 spiro atoms. The van der Waals surface area contributed by atoms with Crippen molar-refractivity contribution in [2.75, 3.05) is 6.61 Å². The van der Waals surface area contributed by atoms with Crippen LogP contribution in [-0.4, -0.2) is 11.6 Å². The van der Waals surface area contributed by atoms with Gasteiger partial charge in [-0.05, 0) is 24.3 Å². The highest BCUT2D eigenvalue weighted by atomic mass is 32.1. The standard InChI is InChI=1S/C13H11NO2S/c1-2-13-10(3-5-16-13)7-12(1)15-6-4-11-8-17-9-14-11/h1-3,5,7-9H,4,6H2. The van der Waals surface area contributed by atoms with Gasteiger partial charge < -0.3 is 9.15 Å². The molecule has 86 valence electrons. The molecular weight excluding hydrogens is 234 g/mol. The van der Waals surface area contributed by atoms with Gasteiger partial charge in [0, 0.05) is 17.2 Å². The van der Waals surface area contributed by atoms with E-state index in [2.05, 4.69) is 4.98 Å². The van der Waals surface area contributed by atoms with E-state index in [-0.39, 0.29) is 0 Å². The maximum atomic E-state index is 5.68. The summed E-state index contributed by atoms with van der Waals surface area (Å²) in [6.07, 6.45) is 2.52. The number of thiazole rings is 1. The van der Waals surface area contributed by atoms with E-state index in [1.807, 2.05) is 35.2 Å². The summed E-state index contributed by atoms with van der Waals surface area (Å²) in [4.78, 5) is 4.21. The van der Waals surface area contributed by atoms with Crippen LogP contribution in [0.1, 0.15) is 5.69 Å². The van der Waals surface area contributed by atoms with E-state index in [1.165, 1.54) is 0 Å². The molecule has 0 amide bonds. The van der Waals surface area contributed by atoms with Gasteiger partial charge in [-0.1, -0.05) is 0 Å². The predicted molar refractivity (Wildman–Crippen MR) is 67.5 cm³/mol. The Kier molecular flexibility index (Phi) is 2.80. The minimum atomic E-state index is 0.646. The Morgan fingerprint density at radius 3 is 3.18 bits per heavy atom. The van der Waals surface area contributed by atoms with E-state index in [0.717, 1.165) is 28.8 Å².